The van der Waals surface area contributed by atoms with Crippen LogP contribution in [0.15, 0.2) is 12.2 Å². The fraction of sp³-hybridized carbons (Fsp3) is 0.800. The molecule has 0 aromatic rings. The predicted octanol–water partition coefficient (Wildman–Crippen LogP) is 2.09. The number of hydrogen-bond donors (Lipinski definition) is 1. The van der Waals surface area contributed by atoms with Gasteiger partial charge in [0.1, 0.15) is 0 Å². The minimum atomic E-state index is 0.788. The number of rotatable bonds is 0. The molecule has 1 heteroatoms. The first kappa shape index (κ1) is 7.35. The van der Waals surface area contributed by atoms with Gasteiger partial charge in [-0.1, -0.05) is 18.6 Å². The van der Waals surface area contributed by atoms with Crippen LogP contribution in [0, 0.1) is 5.92 Å². The summed E-state index contributed by atoms with van der Waals surface area (Å²) in [6.45, 7) is 1.26. The van der Waals surface area contributed by atoms with Crippen LogP contribution in [-0.2, 0) is 0 Å². The molecule has 2 aliphatic rings. The molecule has 0 aromatic heterocycles. The molecule has 2 atom stereocenters. The van der Waals surface area contributed by atoms with Gasteiger partial charge in [0.2, 0.25) is 0 Å². The van der Waals surface area contributed by atoms with E-state index in [0.717, 1.165) is 12.0 Å². The van der Waals surface area contributed by atoms with Crippen LogP contribution in [0.25, 0.3) is 0 Å². The van der Waals surface area contributed by atoms with Crippen LogP contribution in [0.2, 0.25) is 0 Å². The summed E-state index contributed by atoms with van der Waals surface area (Å²) in [6.07, 6.45) is 11.6. The fourth-order valence-corrected chi connectivity index (χ4v) is 2.14. The first-order chi connectivity index (χ1) is 5.45. The minimum absolute atomic E-state index is 0.788. The molecule has 1 fully saturated rings. The van der Waals surface area contributed by atoms with Gasteiger partial charge in [-0.3, -0.25) is 0 Å². The summed E-state index contributed by atoms with van der Waals surface area (Å²) in [5, 5.41) is 3.63. The van der Waals surface area contributed by atoms with Crippen molar-refractivity contribution in [3.63, 3.8) is 0 Å². The standard InChI is InChI=1S/C10H17N/c1-2-6-10-7-3-5-9(4-1)8-11-10/h1-2,9-11H,3-8H2/b2-1-. The van der Waals surface area contributed by atoms with Gasteiger partial charge in [-0.2, -0.15) is 0 Å². The fourth-order valence-electron chi connectivity index (χ4n) is 2.14. The quantitative estimate of drug-likeness (QED) is 0.523. The van der Waals surface area contributed by atoms with E-state index in [2.05, 4.69) is 17.5 Å². The molecule has 1 saturated heterocycles. The van der Waals surface area contributed by atoms with Gasteiger partial charge >= 0.3 is 0 Å². The SMILES string of the molecule is C1=C\CC2CCCC(C/1)CN2. The summed E-state index contributed by atoms with van der Waals surface area (Å²) in [7, 11) is 0. The predicted molar refractivity (Wildman–Crippen MR) is 47.5 cm³/mol. The van der Waals surface area contributed by atoms with E-state index < -0.39 is 0 Å². The largest absolute Gasteiger partial charge is 0.313 e. The lowest BCUT2D eigenvalue weighted by Gasteiger charge is -2.17. The van der Waals surface area contributed by atoms with Crippen molar-refractivity contribution in [3.8, 4) is 0 Å². The first-order valence-corrected chi connectivity index (χ1v) is 4.83. The summed E-state index contributed by atoms with van der Waals surface area (Å²) in [5.74, 6) is 0.927. The van der Waals surface area contributed by atoms with Gasteiger partial charge in [-0.25, -0.2) is 0 Å². The molecule has 2 heterocycles. The maximum absolute atomic E-state index is 3.63. The van der Waals surface area contributed by atoms with E-state index in [0.29, 0.717) is 0 Å². The van der Waals surface area contributed by atoms with Crippen LogP contribution in [-0.4, -0.2) is 12.6 Å². The lowest BCUT2D eigenvalue weighted by molar-refractivity contribution is 0.454. The molecule has 2 unspecified atom stereocenters. The molecule has 0 amide bonds. The lowest BCUT2D eigenvalue weighted by atomic mass is 10.00. The van der Waals surface area contributed by atoms with Crippen LogP contribution in [0.4, 0.5) is 0 Å². The van der Waals surface area contributed by atoms with Gasteiger partial charge in [-0.05, 0) is 38.1 Å². The van der Waals surface area contributed by atoms with Gasteiger partial charge in [0, 0.05) is 6.04 Å². The average molecular weight is 151 g/mol. The van der Waals surface area contributed by atoms with Gasteiger partial charge in [0.15, 0.2) is 0 Å². The van der Waals surface area contributed by atoms with Crippen molar-refractivity contribution < 1.29 is 0 Å². The van der Waals surface area contributed by atoms with Crippen molar-refractivity contribution in [3.05, 3.63) is 12.2 Å². The molecule has 0 aliphatic carbocycles. The molecular weight excluding hydrogens is 134 g/mol. The Kier molecular flexibility index (Phi) is 2.27. The van der Waals surface area contributed by atoms with Crippen LogP contribution < -0.4 is 5.32 Å². The van der Waals surface area contributed by atoms with Crippen LogP contribution in [0.3, 0.4) is 0 Å². The zero-order valence-corrected chi connectivity index (χ0v) is 7.05. The Morgan fingerprint density at radius 2 is 2.00 bits per heavy atom. The molecule has 2 aliphatic heterocycles. The molecule has 0 spiro atoms. The summed E-state index contributed by atoms with van der Waals surface area (Å²) in [5.41, 5.74) is 0. The highest BCUT2D eigenvalue weighted by Gasteiger charge is 2.17. The Bertz CT molecular complexity index is 135. The Labute approximate surface area is 68.9 Å². The Morgan fingerprint density at radius 3 is 3.00 bits per heavy atom. The third-order valence-electron chi connectivity index (χ3n) is 2.92. The van der Waals surface area contributed by atoms with Gasteiger partial charge in [0.25, 0.3) is 0 Å². The van der Waals surface area contributed by atoms with E-state index in [-0.39, 0.29) is 0 Å². The molecule has 2 rings (SSSR count). The number of allylic oxidation sites excluding steroid dienone is 1. The highest BCUT2D eigenvalue weighted by Crippen LogP contribution is 2.21. The molecule has 1 N–H and O–H groups in total. The monoisotopic (exact) mass is 151 g/mol. The average Bonchev–Trinajstić information content (AvgIpc) is 2.11. The molecule has 11 heavy (non-hydrogen) atoms. The van der Waals surface area contributed by atoms with Crippen molar-refractivity contribution >= 4 is 0 Å². The molecule has 0 aromatic carbocycles. The minimum Gasteiger partial charge on any atom is -0.313 e. The van der Waals surface area contributed by atoms with Crippen LogP contribution in [0.1, 0.15) is 32.1 Å². The highest BCUT2D eigenvalue weighted by atomic mass is 14.9. The van der Waals surface area contributed by atoms with E-state index in [9.17, 15) is 0 Å². The topological polar surface area (TPSA) is 12.0 Å². The lowest BCUT2D eigenvalue weighted by Crippen LogP contribution is -2.31. The Hall–Kier alpha value is -0.300. The van der Waals surface area contributed by atoms with Crippen molar-refractivity contribution in [2.75, 3.05) is 6.54 Å². The zero-order valence-electron chi connectivity index (χ0n) is 7.05. The summed E-state index contributed by atoms with van der Waals surface area (Å²) >= 11 is 0. The van der Waals surface area contributed by atoms with Gasteiger partial charge in [-0.15, -0.1) is 0 Å². The summed E-state index contributed by atoms with van der Waals surface area (Å²) < 4.78 is 0. The van der Waals surface area contributed by atoms with Crippen molar-refractivity contribution in [2.24, 2.45) is 5.92 Å². The number of nitrogens with one attached hydrogen (secondary N) is 1. The van der Waals surface area contributed by atoms with Crippen molar-refractivity contribution in [1.82, 2.24) is 5.32 Å². The van der Waals surface area contributed by atoms with Crippen LogP contribution in [0.5, 0.6) is 0 Å². The Balaban J connectivity index is 2.06. The number of hydrogen-bond acceptors (Lipinski definition) is 1. The van der Waals surface area contributed by atoms with E-state index in [1.807, 2.05) is 0 Å². The molecular formula is C10H17N. The van der Waals surface area contributed by atoms with Gasteiger partial charge in [0.05, 0.1) is 0 Å². The smallest absolute Gasteiger partial charge is 0.0102 e. The molecule has 1 nitrogen and oxygen atoms in total. The second kappa shape index (κ2) is 3.40. The van der Waals surface area contributed by atoms with E-state index >= 15 is 0 Å². The Morgan fingerprint density at radius 1 is 1.09 bits per heavy atom. The van der Waals surface area contributed by atoms with Crippen LogP contribution >= 0.6 is 0 Å². The molecule has 0 saturated carbocycles. The highest BCUT2D eigenvalue weighted by molar-refractivity contribution is 4.93. The van der Waals surface area contributed by atoms with Crippen molar-refractivity contribution in [1.29, 1.82) is 0 Å². The summed E-state index contributed by atoms with van der Waals surface area (Å²) in [6, 6.07) is 0.788. The normalized spacial score (nSPS) is 40.7. The van der Waals surface area contributed by atoms with Gasteiger partial charge < -0.3 is 5.32 Å². The van der Waals surface area contributed by atoms with E-state index in [4.69, 9.17) is 0 Å². The summed E-state index contributed by atoms with van der Waals surface area (Å²) in [4.78, 5) is 0. The van der Waals surface area contributed by atoms with E-state index in [1.54, 1.807) is 0 Å². The van der Waals surface area contributed by atoms with Crippen molar-refractivity contribution in [2.45, 2.75) is 38.1 Å². The second-order valence-electron chi connectivity index (χ2n) is 3.84. The maximum Gasteiger partial charge on any atom is 0.0102 e. The molecule has 0 radical (unpaired) electrons. The second-order valence-corrected chi connectivity index (χ2v) is 3.84. The third-order valence-corrected chi connectivity index (χ3v) is 2.92. The zero-order chi connectivity index (χ0) is 7.52. The number of fused-ring (bicyclic) bond motifs is 3. The maximum atomic E-state index is 3.63. The first-order valence-electron chi connectivity index (χ1n) is 4.83. The molecule has 2 bridgehead atoms. The molecule has 62 valence electrons. The van der Waals surface area contributed by atoms with E-state index in [1.165, 1.54) is 38.6 Å². The third kappa shape index (κ3) is 1.84.